The Hall–Kier alpha value is -2.12. The third kappa shape index (κ3) is 3.46. The van der Waals surface area contributed by atoms with E-state index in [0.29, 0.717) is 11.3 Å². The largest absolute Gasteiger partial charge is 0.295 e. The first-order valence-corrected chi connectivity index (χ1v) is 7.01. The summed E-state index contributed by atoms with van der Waals surface area (Å²) in [5.74, 6) is 0.150. The van der Waals surface area contributed by atoms with E-state index in [1.807, 2.05) is 24.3 Å². The molecule has 0 N–H and O–H groups in total. The summed E-state index contributed by atoms with van der Waals surface area (Å²) in [4.78, 5) is 12.3. The number of halogens is 1. The molecule has 100 valence electrons. The number of nitrogens with zero attached hydrogens (tertiary/aromatic N) is 1. The van der Waals surface area contributed by atoms with Crippen molar-refractivity contribution in [2.75, 3.05) is 0 Å². The fourth-order valence-electron chi connectivity index (χ4n) is 1.72. The van der Waals surface area contributed by atoms with Gasteiger partial charge in [0.15, 0.2) is 5.78 Å². The molecule has 2 nitrogen and oxygen atoms in total. The molecule has 0 heterocycles. The number of Topliss-reactive ketones (excluding diaryl/α,β-unsaturated/α-hetero) is 1. The minimum atomic E-state index is -0.500. The number of carbonyl (C=O) groups excluding carboxylic acids is 1. The molecule has 0 saturated heterocycles. The van der Waals surface area contributed by atoms with Crippen LogP contribution in [-0.2, 0) is 5.75 Å². The first kappa shape index (κ1) is 14.3. The molecule has 0 spiro atoms. The lowest BCUT2D eigenvalue weighted by molar-refractivity contribution is 0.101. The van der Waals surface area contributed by atoms with Crippen LogP contribution in [0.15, 0.2) is 47.4 Å². The first-order chi connectivity index (χ1) is 9.60. The van der Waals surface area contributed by atoms with Crippen LogP contribution in [0.4, 0.5) is 4.39 Å². The molecule has 0 radical (unpaired) electrons. The van der Waals surface area contributed by atoms with Crippen molar-refractivity contribution < 1.29 is 9.18 Å². The van der Waals surface area contributed by atoms with E-state index >= 15 is 0 Å². The van der Waals surface area contributed by atoms with Gasteiger partial charge in [-0.1, -0.05) is 18.2 Å². The molecule has 0 bridgehead atoms. The van der Waals surface area contributed by atoms with Crippen LogP contribution in [0.5, 0.6) is 0 Å². The quantitative estimate of drug-likeness (QED) is 0.624. The van der Waals surface area contributed by atoms with E-state index in [4.69, 9.17) is 5.26 Å². The molecule has 4 heteroatoms. The molecular weight excluding hydrogens is 273 g/mol. The van der Waals surface area contributed by atoms with Crippen molar-refractivity contribution in [2.24, 2.45) is 0 Å². The number of hydrogen-bond acceptors (Lipinski definition) is 3. The standard InChI is InChI=1S/C16H12FNOS/c1-11(19)13-3-2-4-15(8-13)20-10-12-5-6-16(17)14(7-12)9-18/h2-8H,10H2,1H3. The van der Waals surface area contributed by atoms with Crippen LogP contribution in [0, 0.1) is 17.1 Å². The van der Waals surface area contributed by atoms with Crippen molar-refractivity contribution in [3.05, 3.63) is 65.0 Å². The van der Waals surface area contributed by atoms with Gasteiger partial charge < -0.3 is 0 Å². The molecule has 0 aliphatic heterocycles. The van der Waals surface area contributed by atoms with E-state index in [9.17, 15) is 9.18 Å². The summed E-state index contributed by atoms with van der Waals surface area (Å²) >= 11 is 1.55. The maximum Gasteiger partial charge on any atom is 0.159 e. The molecule has 0 aliphatic rings. The van der Waals surface area contributed by atoms with Crippen molar-refractivity contribution in [3.8, 4) is 6.07 Å². The van der Waals surface area contributed by atoms with Crippen molar-refractivity contribution in [2.45, 2.75) is 17.6 Å². The molecule has 0 saturated carbocycles. The Kier molecular flexibility index (Phi) is 4.54. The van der Waals surface area contributed by atoms with E-state index < -0.39 is 5.82 Å². The van der Waals surface area contributed by atoms with E-state index in [-0.39, 0.29) is 11.3 Å². The molecule has 0 unspecified atom stereocenters. The minimum absolute atomic E-state index is 0.0287. The summed E-state index contributed by atoms with van der Waals surface area (Å²) in [5, 5.41) is 8.79. The SMILES string of the molecule is CC(=O)c1cccc(SCc2ccc(F)c(C#N)c2)c1. The second-order valence-corrected chi connectivity index (χ2v) is 5.35. The Morgan fingerprint density at radius 2 is 2.10 bits per heavy atom. The van der Waals surface area contributed by atoms with Gasteiger partial charge in [0.05, 0.1) is 5.56 Å². The molecule has 0 fully saturated rings. The van der Waals surface area contributed by atoms with Gasteiger partial charge in [0.25, 0.3) is 0 Å². The fraction of sp³-hybridized carbons (Fsp3) is 0.125. The van der Waals surface area contributed by atoms with Crippen molar-refractivity contribution in [3.63, 3.8) is 0 Å². The number of rotatable bonds is 4. The van der Waals surface area contributed by atoms with Gasteiger partial charge in [0.2, 0.25) is 0 Å². The predicted molar refractivity (Wildman–Crippen MR) is 77.1 cm³/mol. The van der Waals surface area contributed by atoms with Crippen LogP contribution in [-0.4, -0.2) is 5.78 Å². The van der Waals surface area contributed by atoms with Gasteiger partial charge in [-0.2, -0.15) is 5.26 Å². The second-order valence-electron chi connectivity index (χ2n) is 4.30. The topological polar surface area (TPSA) is 40.9 Å². The smallest absolute Gasteiger partial charge is 0.159 e. The summed E-state index contributed by atoms with van der Waals surface area (Å²) < 4.78 is 13.2. The third-order valence-electron chi connectivity index (χ3n) is 2.80. The molecule has 2 aromatic rings. The normalized spacial score (nSPS) is 10.1. The van der Waals surface area contributed by atoms with Crippen molar-refractivity contribution >= 4 is 17.5 Å². The highest BCUT2D eigenvalue weighted by molar-refractivity contribution is 7.98. The van der Waals surface area contributed by atoms with Crippen molar-refractivity contribution in [1.82, 2.24) is 0 Å². The Morgan fingerprint density at radius 3 is 2.80 bits per heavy atom. The zero-order chi connectivity index (χ0) is 14.5. The van der Waals surface area contributed by atoms with E-state index in [1.54, 1.807) is 30.0 Å². The van der Waals surface area contributed by atoms with Crippen LogP contribution in [0.2, 0.25) is 0 Å². The van der Waals surface area contributed by atoms with Crippen LogP contribution in [0.1, 0.15) is 28.4 Å². The zero-order valence-corrected chi connectivity index (χ0v) is 11.7. The van der Waals surface area contributed by atoms with E-state index in [0.717, 1.165) is 10.5 Å². The Morgan fingerprint density at radius 1 is 1.30 bits per heavy atom. The lowest BCUT2D eigenvalue weighted by atomic mass is 10.1. The van der Waals surface area contributed by atoms with E-state index in [2.05, 4.69) is 0 Å². The molecule has 0 amide bonds. The van der Waals surface area contributed by atoms with Crippen LogP contribution >= 0.6 is 11.8 Å². The van der Waals surface area contributed by atoms with Crippen LogP contribution in [0.25, 0.3) is 0 Å². The van der Waals surface area contributed by atoms with Gasteiger partial charge in [0.1, 0.15) is 11.9 Å². The number of nitriles is 1. The maximum absolute atomic E-state index is 13.2. The average Bonchev–Trinajstić information content (AvgIpc) is 2.46. The Bertz CT molecular complexity index is 691. The highest BCUT2D eigenvalue weighted by Crippen LogP contribution is 2.24. The van der Waals surface area contributed by atoms with Gasteiger partial charge in [-0.15, -0.1) is 11.8 Å². The van der Waals surface area contributed by atoms with Gasteiger partial charge in [-0.05, 0) is 36.8 Å². The first-order valence-electron chi connectivity index (χ1n) is 6.02. The minimum Gasteiger partial charge on any atom is -0.295 e. The maximum atomic E-state index is 13.2. The lowest BCUT2D eigenvalue weighted by Crippen LogP contribution is -1.91. The van der Waals surface area contributed by atoms with Gasteiger partial charge in [0, 0.05) is 16.2 Å². The lowest BCUT2D eigenvalue weighted by Gasteiger charge is -2.04. The number of carbonyl (C=O) groups is 1. The number of thioether (sulfide) groups is 1. The van der Waals surface area contributed by atoms with E-state index in [1.165, 1.54) is 13.0 Å². The highest BCUT2D eigenvalue weighted by atomic mass is 32.2. The zero-order valence-electron chi connectivity index (χ0n) is 10.9. The molecular formula is C16H12FNOS. The number of benzene rings is 2. The van der Waals surface area contributed by atoms with Gasteiger partial charge in [-0.3, -0.25) is 4.79 Å². The predicted octanol–water partition coefficient (Wildman–Crippen LogP) is 4.19. The molecule has 0 atom stereocenters. The number of hydrogen-bond donors (Lipinski definition) is 0. The fourth-order valence-corrected chi connectivity index (χ4v) is 2.62. The highest BCUT2D eigenvalue weighted by Gasteiger charge is 2.05. The van der Waals surface area contributed by atoms with Crippen molar-refractivity contribution in [1.29, 1.82) is 5.26 Å². The summed E-state index contributed by atoms with van der Waals surface area (Å²) in [6, 6.07) is 13.7. The average molecular weight is 285 g/mol. The number of ketones is 1. The summed E-state index contributed by atoms with van der Waals surface area (Å²) in [7, 11) is 0. The van der Waals surface area contributed by atoms with Crippen LogP contribution < -0.4 is 0 Å². The Balaban J connectivity index is 2.11. The molecule has 0 aromatic heterocycles. The third-order valence-corrected chi connectivity index (χ3v) is 3.86. The molecule has 0 aliphatic carbocycles. The monoisotopic (exact) mass is 285 g/mol. The van der Waals surface area contributed by atoms with Gasteiger partial charge in [-0.25, -0.2) is 4.39 Å². The van der Waals surface area contributed by atoms with Gasteiger partial charge >= 0.3 is 0 Å². The Labute approximate surface area is 121 Å². The summed E-state index contributed by atoms with van der Waals surface area (Å²) in [5.41, 5.74) is 1.61. The molecule has 2 aromatic carbocycles. The summed E-state index contributed by atoms with van der Waals surface area (Å²) in [6.45, 7) is 1.53. The molecule has 20 heavy (non-hydrogen) atoms. The summed E-state index contributed by atoms with van der Waals surface area (Å²) in [6.07, 6.45) is 0. The molecule has 2 rings (SSSR count). The van der Waals surface area contributed by atoms with Crippen LogP contribution in [0.3, 0.4) is 0 Å². The second kappa shape index (κ2) is 6.36.